The predicted octanol–water partition coefficient (Wildman–Crippen LogP) is 3.71. The Morgan fingerprint density at radius 3 is 2.43 bits per heavy atom. The largest absolute Gasteiger partial charge is 0.496 e. The van der Waals surface area contributed by atoms with Gasteiger partial charge in [0.1, 0.15) is 5.75 Å². The number of carbonyl (C=O) groups is 1. The van der Waals surface area contributed by atoms with Crippen molar-refractivity contribution in [2.24, 2.45) is 5.73 Å². The van der Waals surface area contributed by atoms with Crippen LogP contribution in [0.25, 0.3) is 11.1 Å². The number of benzene rings is 2. The number of nitrogens with two attached hydrogens (primary N) is 1. The van der Waals surface area contributed by atoms with Gasteiger partial charge in [-0.25, -0.2) is 8.78 Å². The van der Waals surface area contributed by atoms with Crippen LogP contribution in [0, 0.1) is 6.92 Å². The molecular formula is C16H15F2NO2. The molecule has 2 aromatic carbocycles. The summed E-state index contributed by atoms with van der Waals surface area (Å²) in [6.45, 7) is 1.84. The molecule has 2 N–H and O–H groups in total. The zero-order chi connectivity index (χ0) is 15.6. The zero-order valence-electron chi connectivity index (χ0n) is 11.7. The molecule has 0 bridgehead atoms. The Morgan fingerprint density at radius 2 is 1.86 bits per heavy atom. The first kappa shape index (κ1) is 15.0. The first-order valence-corrected chi connectivity index (χ1v) is 6.31. The average molecular weight is 291 g/mol. The third kappa shape index (κ3) is 3.02. The van der Waals surface area contributed by atoms with Crippen LogP contribution in [0.3, 0.4) is 0 Å². The third-order valence-corrected chi connectivity index (χ3v) is 3.21. The van der Waals surface area contributed by atoms with E-state index in [2.05, 4.69) is 0 Å². The Hall–Kier alpha value is -2.43. The van der Waals surface area contributed by atoms with E-state index < -0.39 is 12.3 Å². The van der Waals surface area contributed by atoms with E-state index in [0.717, 1.165) is 5.56 Å². The fraction of sp³-hybridized carbons (Fsp3) is 0.188. The van der Waals surface area contributed by atoms with Gasteiger partial charge in [0.05, 0.1) is 7.11 Å². The quantitative estimate of drug-likeness (QED) is 0.933. The van der Waals surface area contributed by atoms with Gasteiger partial charge in [0.15, 0.2) is 0 Å². The van der Waals surface area contributed by atoms with Gasteiger partial charge in [0.2, 0.25) is 5.91 Å². The maximum atomic E-state index is 12.9. The number of carbonyl (C=O) groups excluding carboxylic acids is 1. The van der Waals surface area contributed by atoms with Crippen LogP contribution in [-0.2, 0) is 0 Å². The average Bonchev–Trinajstić information content (AvgIpc) is 2.46. The number of halogens is 2. The smallest absolute Gasteiger partial charge is 0.263 e. The van der Waals surface area contributed by atoms with Crippen molar-refractivity contribution in [3.8, 4) is 16.9 Å². The van der Waals surface area contributed by atoms with Crippen LogP contribution in [-0.4, -0.2) is 13.0 Å². The van der Waals surface area contributed by atoms with Crippen LogP contribution in [0.2, 0.25) is 0 Å². The minimum absolute atomic E-state index is 0.136. The Labute approximate surface area is 121 Å². The first-order chi connectivity index (χ1) is 9.93. The fourth-order valence-electron chi connectivity index (χ4n) is 2.17. The summed E-state index contributed by atoms with van der Waals surface area (Å²) in [5.41, 5.74) is 7.30. The monoisotopic (exact) mass is 291 g/mol. The first-order valence-electron chi connectivity index (χ1n) is 6.31. The molecule has 0 aliphatic carbocycles. The van der Waals surface area contributed by atoms with E-state index in [-0.39, 0.29) is 11.1 Å². The second-order valence-corrected chi connectivity index (χ2v) is 4.67. The number of ether oxygens (including phenoxy) is 1. The zero-order valence-corrected chi connectivity index (χ0v) is 11.7. The van der Waals surface area contributed by atoms with Crippen LogP contribution < -0.4 is 10.5 Å². The van der Waals surface area contributed by atoms with Gasteiger partial charge in [-0.1, -0.05) is 17.7 Å². The molecule has 0 aromatic heterocycles. The summed E-state index contributed by atoms with van der Waals surface area (Å²) in [6, 6.07) is 9.14. The summed E-state index contributed by atoms with van der Waals surface area (Å²) < 4.78 is 31.0. The van der Waals surface area contributed by atoms with Gasteiger partial charge in [0.25, 0.3) is 6.43 Å². The molecule has 0 heterocycles. The van der Waals surface area contributed by atoms with E-state index in [0.29, 0.717) is 16.9 Å². The maximum absolute atomic E-state index is 12.9. The molecular weight excluding hydrogens is 276 g/mol. The van der Waals surface area contributed by atoms with Crippen molar-refractivity contribution in [2.45, 2.75) is 13.3 Å². The third-order valence-electron chi connectivity index (χ3n) is 3.21. The number of methoxy groups -OCH3 is 1. The SMILES string of the molecule is COc1ccc(C(F)F)cc1-c1cc(C)ccc1C(N)=O. The summed E-state index contributed by atoms with van der Waals surface area (Å²) in [5, 5.41) is 0. The van der Waals surface area contributed by atoms with E-state index in [1.807, 2.05) is 6.92 Å². The lowest BCUT2D eigenvalue weighted by atomic mass is 9.95. The second kappa shape index (κ2) is 5.91. The van der Waals surface area contributed by atoms with Gasteiger partial charge in [-0.2, -0.15) is 0 Å². The van der Waals surface area contributed by atoms with Crippen LogP contribution >= 0.6 is 0 Å². The molecule has 2 aromatic rings. The molecule has 2 rings (SSSR count). The van der Waals surface area contributed by atoms with Gasteiger partial charge in [-0.3, -0.25) is 4.79 Å². The molecule has 0 aliphatic rings. The van der Waals surface area contributed by atoms with Crippen molar-refractivity contribution in [3.05, 3.63) is 53.1 Å². The van der Waals surface area contributed by atoms with Gasteiger partial charge in [0, 0.05) is 16.7 Å². The second-order valence-electron chi connectivity index (χ2n) is 4.67. The lowest BCUT2D eigenvalue weighted by Crippen LogP contribution is -2.12. The van der Waals surface area contributed by atoms with Crippen molar-refractivity contribution in [1.82, 2.24) is 0 Å². The normalized spacial score (nSPS) is 10.7. The van der Waals surface area contributed by atoms with E-state index in [4.69, 9.17) is 10.5 Å². The minimum Gasteiger partial charge on any atom is -0.496 e. The highest BCUT2D eigenvalue weighted by atomic mass is 19.3. The molecule has 3 nitrogen and oxygen atoms in total. The molecule has 0 atom stereocenters. The maximum Gasteiger partial charge on any atom is 0.263 e. The van der Waals surface area contributed by atoms with Crippen molar-refractivity contribution >= 4 is 5.91 Å². The molecule has 0 saturated carbocycles. The highest BCUT2D eigenvalue weighted by Gasteiger charge is 2.17. The molecule has 21 heavy (non-hydrogen) atoms. The summed E-state index contributed by atoms with van der Waals surface area (Å²) in [7, 11) is 1.45. The van der Waals surface area contributed by atoms with Crippen LogP contribution in [0.15, 0.2) is 36.4 Å². The van der Waals surface area contributed by atoms with Crippen LogP contribution in [0.4, 0.5) is 8.78 Å². The molecule has 0 unspecified atom stereocenters. The Kier molecular flexibility index (Phi) is 4.21. The topological polar surface area (TPSA) is 52.3 Å². The number of rotatable bonds is 4. The van der Waals surface area contributed by atoms with Gasteiger partial charge in [-0.05, 0) is 36.8 Å². The number of hydrogen-bond donors (Lipinski definition) is 1. The van der Waals surface area contributed by atoms with Crippen molar-refractivity contribution in [3.63, 3.8) is 0 Å². The van der Waals surface area contributed by atoms with E-state index >= 15 is 0 Å². The lowest BCUT2D eigenvalue weighted by molar-refractivity contribution is 0.100. The van der Waals surface area contributed by atoms with E-state index in [9.17, 15) is 13.6 Å². The van der Waals surface area contributed by atoms with Crippen molar-refractivity contribution < 1.29 is 18.3 Å². The number of aryl methyl sites for hydroxylation is 1. The molecule has 5 heteroatoms. The summed E-state index contributed by atoms with van der Waals surface area (Å²) in [5.74, 6) is -0.206. The molecule has 0 fully saturated rings. The molecule has 1 amide bonds. The lowest BCUT2D eigenvalue weighted by Gasteiger charge is -2.14. The Bertz CT molecular complexity index is 684. The van der Waals surface area contributed by atoms with Gasteiger partial charge >= 0.3 is 0 Å². The van der Waals surface area contributed by atoms with E-state index in [1.54, 1.807) is 18.2 Å². The predicted molar refractivity (Wildman–Crippen MR) is 76.6 cm³/mol. The number of amides is 1. The summed E-state index contributed by atoms with van der Waals surface area (Å²) in [6.07, 6.45) is -2.60. The summed E-state index contributed by atoms with van der Waals surface area (Å²) in [4.78, 5) is 11.6. The number of primary amides is 1. The van der Waals surface area contributed by atoms with Crippen LogP contribution in [0.1, 0.15) is 27.9 Å². The van der Waals surface area contributed by atoms with Crippen LogP contribution in [0.5, 0.6) is 5.75 Å². The Morgan fingerprint density at radius 1 is 1.14 bits per heavy atom. The number of hydrogen-bond acceptors (Lipinski definition) is 2. The molecule has 0 spiro atoms. The molecule has 0 radical (unpaired) electrons. The summed E-state index contributed by atoms with van der Waals surface area (Å²) >= 11 is 0. The fourth-order valence-corrected chi connectivity index (χ4v) is 2.17. The standard InChI is InChI=1S/C16H15F2NO2/c1-9-3-5-11(16(19)20)12(7-9)13-8-10(15(17)18)4-6-14(13)21-2/h3-8,15H,1-2H3,(H2,19,20). The van der Waals surface area contributed by atoms with Crippen molar-refractivity contribution in [1.29, 1.82) is 0 Å². The molecule has 110 valence electrons. The highest BCUT2D eigenvalue weighted by molar-refractivity contribution is 6.00. The number of alkyl halides is 2. The van der Waals surface area contributed by atoms with Crippen molar-refractivity contribution in [2.75, 3.05) is 7.11 Å². The minimum atomic E-state index is -2.60. The molecule has 0 aliphatic heterocycles. The Balaban J connectivity index is 2.73. The highest BCUT2D eigenvalue weighted by Crippen LogP contribution is 2.36. The van der Waals surface area contributed by atoms with Gasteiger partial charge < -0.3 is 10.5 Å². The van der Waals surface area contributed by atoms with E-state index in [1.165, 1.54) is 25.3 Å². The van der Waals surface area contributed by atoms with Gasteiger partial charge in [-0.15, -0.1) is 0 Å². The molecule has 0 saturated heterocycles.